The Morgan fingerprint density at radius 2 is 1.86 bits per heavy atom. The van der Waals surface area contributed by atoms with Crippen molar-refractivity contribution in [1.82, 2.24) is 4.90 Å². The predicted molar refractivity (Wildman–Crippen MR) is 112 cm³/mol. The minimum Gasteiger partial charge on any atom is -0.338 e. The van der Waals surface area contributed by atoms with E-state index in [-0.39, 0.29) is 35.7 Å². The number of carbonyl (C=O) groups is 2. The third kappa shape index (κ3) is 6.60. The fourth-order valence-electron chi connectivity index (χ4n) is 2.48. The molecule has 2 rings (SSSR count). The second-order valence-corrected chi connectivity index (χ2v) is 8.34. The molecule has 1 unspecified atom stereocenters. The number of amides is 2. The van der Waals surface area contributed by atoms with E-state index in [1.807, 2.05) is 6.92 Å². The van der Waals surface area contributed by atoms with Gasteiger partial charge in [-0.05, 0) is 56.3 Å². The highest BCUT2D eigenvalue weighted by molar-refractivity contribution is 9.10. The molecule has 8 heteroatoms. The van der Waals surface area contributed by atoms with Crippen molar-refractivity contribution >= 4 is 45.2 Å². The number of thioether (sulfide) groups is 1. The maximum atomic E-state index is 14.0. The topological polar surface area (TPSA) is 49.4 Å². The van der Waals surface area contributed by atoms with Gasteiger partial charge in [0, 0.05) is 28.8 Å². The molecule has 1 N–H and O–H groups in total. The van der Waals surface area contributed by atoms with Gasteiger partial charge < -0.3 is 10.2 Å². The van der Waals surface area contributed by atoms with Gasteiger partial charge in [0.25, 0.3) is 0 Å². The number of nitrogens with zero attached hydrogens (tertiary/aromatic N) is 1. The molecule has 28 heavy (non-hydrogen) atoms. The van der Waals surface area contributed by atoms with Gasteiger partial charge >= 0.3 is 0 Å². The molecule has 0 radical (unpaired) electrons. The Bertz CT molecular complexity index is 833. The van der Waals surface area contributed by atoms with Crippen LogP contribution < -0.4 is 5.32 Å². The number of hydrogen-bond acceptors (Lipinski definition) is 3. The first-order chi connectivity index (χ1) is 13.3. The highest BCUT2D eigenvalue weighted by Crippen LogP contribution is 2.20. The summed E-state index contributed by atoms with van der Waals surface area (Å²) in [5.41, 5.74) is 0.919. The fraction of sp³-hybridized carbons (Fsp3) is 0.300. The van der Waals surface area contributed by atoms with Gasteiger partial charge in [-0.3, -0.25) is 9.59 Å². The van der Waals surface area contributed by atoms with Crippen LogP contribution in [0.5, 0.6) is 0 Å². The van der Waals surface area contributed by atoms with Gasteiger partial charge in [0.15, 0.2) is 0 Å². The summed E-state index contributed by atoms with van der Waals surface area (Å²) in [6.45, 7) is 4.13. The molecule has 0 aliphatic carbocycles. The van der Waals surface area contributed by atoms with E-state index in [1.165, 1.54) is 42.1 Å². The molecular formula is C20H21BrF2N2O2S. The summed E-state index contributed by atoms with van der Waals surface area (Å²) < 4.78 is 27.6. The zero-order valence-corrected chi connectivity index (χ0v) is 17.9. The molecule has 0 saturated heterocycles. The van der Waals surface area contributed by atoms with Crippen LogP contribution in [0.15, 0.2) is 46.9 Å². The maximum Gasteiger partial charge on any atom is 0.235 e. The van der Waals surface area contributed by atoms with Gasteiger partial charge in [0.2, 0.25) is 11.8 Å². The van der Waals surface area contributed by atoms with Crippen molar-refractivity contribution in [3.63, 3.8) is 0 Å². The zero-order valence-electron chi connectivity index (χ0n) is 15.5. The summed E-state index contributed by atoms with van der Waals surface area (Å²) >= 11 is 4.50. The van der Waals surface area contributed by atoms with Crippen molar-refractivity contribution in [2.75, 3.05) is 17.6 Å². The Balaban J connectivity index is 1.89. The first kappa shape index (κ1) is 22.4. The summed E-state index contributed by atoms with van der Waals surface area (Å²) in [4.78, 5) is 26.3. The molecule has 0 saturated carbocycles. The average Bonchev–Trinajstić information content (AvgIpc) is 2.68. The number of benzene rings is 2. The Kier molecular flexibility index (Phi) is 8.44. The third-order valence-electron chi connectivity index (χ3n) is 4.00. The average molecular weight is 471 g/mol. The van der Waals surface area contributed by atoms with Crippen molar-refractivity contribution in [3.05, 3.63) is 64.1 Å². The number of halogens is 3. The molecular weight excluding hydrogens is 450 g/mol. The smallest absolute Gasteiger partial charge is 0.235 e. The second kappa shape index (κ2) is 10.6. The van der Waals surface area contributed by atoms with E-state index in [2.05, 4.69) is 21.2 Å². The number of nitrogens with one attached hydrogen (secondary N) is 1. The second-order valence-electron chi connectivity index (χ2n) is 6.10. The van der Waals surface area contributed by atoms with Gasteiger partial charge in [0.05, 0.1) is 11.0 Å². The van der Waals surface area contributed by atoms with Crippen LogP contribution in [0.1, 0.15) is 19.4 Å². The standard InChI is InChI=1S/C20H21BrF2N2O2S/c1-3-25(11-14-10-15(21)4-9-18(14)23)20(27)13(2)28-12-19(26)24-17-7-5-16(22)6-8-17/h4-10,13H,3,11-12H2,1-2H3,(H,24,26). The van der Waals surface area contributed by atoms with Crippen LogP contribution in [0, 0.1) is 11.6 Å². The molecule has 0 aromatic heterocycles. The molecule has 0 aliphatic heterocycles. The lowest BCUT2D eigenvalue weighted by molar-refractivity contribution is -0.130. The molecule has 2 amide bonds. The molecule has 0 bridgehead atoms. The number of anilines is 1. The highest BCUT2D eigenvalue weighted by atomic mass is 79.9. The lowest BCUT2D eigenvalue weighted by atomic mass is 10.2. The Labute approximate surface area is 175 Å². The molecule has 0 aliphatic rings. The van der Waals surface area contributed by atoms with Crippen LogP contribution in [0.25, 0.3) is 0 Å². The Morgan fingerprint density at radius 1 is 1.18 bits per heavy atom. The first-order valence-electron chi connectivity index (χ1n) is 8.70. The van der Waals surface area contributed by atoms with E-state index in [9.17, 15) is 18.4 Å². The summed E-state index contributed by atoms with van der Waals surface area (Å²) in [6, 6.07) is 10.1. The Morgan fingerprint density at radius 3 is 2.50 bits per heavy atom. The minimum absolute atomic E-state index is 0.0765. The SMILES string of the molecule is CCN(Cc1cc(Br)ccc1F)C(=O)C(C)SCC(=O)Nc1ccc(F)cc1. The lowest BCUT2D eigenvalue weighted by Crippen LogP contribution is -2.36. The van der Waals surface area contributed by atoms with E-state index >= 15 is 0 Å². The zero-order chi connectivity index (χ0) is 20.7. The van der Waals surface area contributed by atoms with Gasteiger partial charge in [-0.1, -0.05) is 15.9 Å². The van der Waals surface area contributed by atoms with E-state index in [4.69, 9.17) is 0 Å². The Hall–Kier alpha value is -1.93. The number of carbonyl (C=O) groups excluding carboxylic acids is 2. The monoisotopic (exact) mass is 470 g/mol. The van der Waals surface area contributed by atoms with E-state index in [0.717, 1.165) is 4.47 Å². The van der Waals surface area contributed by atoms with Crippen molar-refractivity contribution in [2.24, 2.45) is 0 Å². The number of hydrogen-bond donors (Lipinski definition) is 1. The van der Waals surface area contributed by atoms with Crippen molar-refractivity contribution in [2.45, 2.75) is 25.6 Å². The van der Waals surface area contributed by atoms with E-state index in [0.29, 0.717) is 17.8 Å². The molecule has 2 aromatic rings. The maximum absolute atomic E-state index is 14.0. The first-order valence-corrected chi connectivity index (χ1v) is 10.5. The number of rotatable bonds is 8. The molecule has 150 valence electrons. The lowest BCUT2D eigenvalue weighted by Gasteiger charge is -2.24. The summed E-state index contributed by atoms with van der Waals surface area (Å²) in [6.07, 6.45) is 0. The van der Waals surface area contributed by atoms with Gasteiger partial charge in [-0.15, -0.1) is 11.8 Å². The molecule has 1 atom stereocenters. The quantitative estimate of drug-likeness (QED) is 0.600. The van der Waals surface area contributed by atoms with E-state index in [1.54, 1.807) is 24.0 Å². The van der Waals surface area contributed by atoms with Gasteiger partial charge in [-0.25, -0.2) is 8.78 Å². The van der Waals surface area contributed by atoms with Crippen LogP contribution in [0.2, 0.25) is 0 Å². The predicted octanol–water partition coefficient (Wildman–Crippen LogP) is 4.84. The molecule has 0 heterocycles. The molecule has 0 spiro atoms. The molecule has 4 nitrogen and oxygen atoms in total. The van der Waals surface area contributed by atoms with Crippen LogP contribution in [-0.4, -0.2) is 34.3 Å². The van der Waals surface area contributed by atoms with Gasteiger partial charge in [-0.2, -0.15) is 0 Å². The summed E-state index contributed by atoms with van der Waals surface area (Å²) in [5, 5.41) is 2.19. The van der Waals surface area contributed by atoms with Crippen LogP contribution in [0.3, 0.4) is 0 Å². The normalized spacial score (nSPS) is 11.8. The van der Waals surface area contributed by atoms with E-state index < -0.39 is 5.25 Å². The molecule has 2 aromatic carbocycles. The third-order valence-corrected chi connectivity index (χ3v) is 5.63. The highest BCUT2D eigenvalue weighted by Gasteiger charge is 2.22. The van der Waals surface area contributed by atoms with Crippen molar-refractivity contribution in [3.8, 4) is 0 Å². The van der Waals surface area contributed by atoms with Crippen molar-refractivity contribution < 1.29 is 18.4 Å². The van der Waals surface area contributed by atoms with Crippen LogP contribution >= 0.6 is 27.7 Å². The fourth-order valence-corrected chi connectivity index (χ4v) is 3.65. The summed E-state index contributed by atoms with van der Waals surface area (Å²) in [7, 11) is 0. The van der Waals surface area contributed by atoms with Gasteiger partial charge in [0.1, 0.15) is 11.6 Å². The molecule has 0 fully saturated rings. The van der Waals surface area contributed by atoms with Crippen LogP contribution in [0.4, 0.5) is 14.5 Å². The minimum atomic E-state index is -0.464. The summed E-state index contributed by atoms with van der Waals surface area (Å²) in [5.74, 6) is -1.12. The van der Waals surface area contributed by atoms with Crippen molar-refractivity contribution in [1.29, 1.82) is 0 Å². The largest absolute Gasteiger partial charge is 0.338 e. The van der Waals surface area contributed by atoms with Crippen LogP contribution in [-0.2, 0) is 16.1 Å².